The molecule has 1 N–H and O–H groups in total. The molecule has 29 heavy (non-hydrogen) atoms. The van der Waals surface area contributed by atoms with Crippen LogP contribution in [0.25, 0.3) is 0 Å². The Morgan fingerprint density at radius 2 is 1.97 bits per heavy atom. The van der Waals surface area contributed by atoms with E-state index in [0.717, 1.165) is 0 Å². The highest BCUT2D eigenvalue weighted by molar-refractivity contribution is 6.32. The van der Waals surface area contributed by atoms with Crippen LogP contribution in [0.4, 0.5) is 10.1 Å². The Labute approximate surface area is 173 Å². The van der Waals surface area contributed by atoms with E-state index in [9.17, 15) is 14.0 Å². The Bertz CT molecular complexity index is 922. The van der Waals surface area contributed by atoms with Gasteiger partial charge in [-0.15, -0.1) is 0 Å². The van der Waals surface area contributed by atoms with Crippen LogP contribution in [0.15, 0.2) is 36.4 Å². The van der Waals surface area contributed by atoms with Crippen LogP contribution in [0.1, 0.15) is 12.0 Å². The van der Waals surface area contributed by atoms with Crippen LogP contribution >= 0.6 is 11.6 Å². The summed E-state index contributed by atoms with van der Waals surface area (Å²) in [5.41, 5.74) is 1.03. The molecule has 0 saturated carbocycles. The number of carbonyl (C=O) groups is 2. The number of carbonyl (C=O) groups excluding carboxylic acids is 2. The summed E-state index contributed by atoms with van der Waals surface area (Å²) in [6.45, 7) is 0.505. The van der Waals surface area contributed by atoms with Gasteiger partial charge in [-0.1, -0.05) is 29.8 Å². The van der Waals surface area contributed by atoms with Gasteiger partial charge in [-0.25, -0.2) is 4.39 Å². The van der Waals surface area contributed by atoms with Crippen molar-refractivity contribution in [1.29, 1.82) is 0 Å². The zero-order valence-electron chi connectivity index (χ0n) is 16.2. The maximum absolute atomic E-state index is 13.7. The quantitative estimate of drug-likeness (QED) is 0.746. The molecule has 0 aliphatic carbocycles. The van der Waals surface area contributed by atoms with Crippen LogP contribution < -0.4 is 19.7 Å². The van der Waals surface area contributed by atoms with E-state index >= 15 is 0 Å². The molecule has 0 radical (unpaired) electrons. The SMILES string of the molecule is COc1cc(OC)c(N2C[C@H](C(=O)NCCc3ccccc3F)CC2=O)cc1Cl. The van der Waals surface area contributed by atoms with Crippen molar-refractivity contribution in [3.63, 3.8) is 0 Å². The van der Waals surface area contributed by atoms with Gasteiger partial charge in [0.05, 0.1) is 30.8 Å². The van der Waals surface area contributed by atoms with E-state index in [2.05, 4.69) is 5.32 Å². The molecule has 1 aliphatic rings. The van der Waals surface area contributed by atoms with Gasteiger partial charge in [0, 0.05) is 25.6 Å². The van der Waals surface area contributed by atoms with Crippen molar-refractivity contribution >= 4 is 29.1 Å². The lowest BCUT2D eigenvalue weighted by atomic mass is 10.1. The fourth-order valence-electron chi connectivity index (χ4n) is 3.34. The van der Waals surface area contributed by atoms with Crippen molar-refractivity contribution in [2.24, 2.45) is 5.92 Å². The molecule has 1 heterocycles. The molecule has 1 fully saturated rings. The normalized spacial score (nSPS) is 16.1. The van der Waals surface area contributed by atoms with E-state index in [4.69, 9.17) is 21.1 Å². The van der Waals surface area contributed by atoms with Crippen molar-refractivity contribution in [2.45, 2.75) is 12.8 Å². The molecule has 154 valence electrons. The number of rotatable bonds is 7. The molecule has 1 atom stereocenters. The highest BCUT2D eigenvalue weighted by Crippen LogP contribution is 2.40. The molecular weight excluding hydrogens is 399 g/mol. The summed E-state index contributed by atoms with van der Waals surface area (Å²) in [4.78, 5) is 26.5. The second-order valence-corrected chi connectivity index (χ2v) is 7.10. The van der Waals surface area contributed by atoms with Crippen molar-refractivity contribution in [1.82, 2.24) is 5.32 Å². The zero-order chi connectivity index (χ0) is 21.0. The van der Waals surface area contributed by atoms with Gasteiger partial charge in [-0.3, -0.25) is 9.59 Å². The minimum atomic E-state index is -0.506. The standard InChI is InChI=1S/C21H22ClFN2O4/c1-28-18-11-19(29-2)17(10-15(18)22)25-12-14(9-20(25)26)21(27)24-8-7-13-5-3-4-6-16(13)23/h3-6,10-11,14H,7-9,12H2,1-2H3,(H,24,27)/t14-/m1/s1. The Morgan fingerprint density at radius 3 is 2.66 bits per heavy atom. The van der Waals surface area contributed by atoms with Gasteiger partial charge in [0.15, 0.2) is 0 Å². The van der Waals surface area contributed by atoms with E-state index < -0.39 is 5.92 Å². The first kappa shape index (κ1) is 20.9. The molecule has 0 bridgehead atoms. The second kappa shape index (κ2) is 9.13. The number of nitrogens with one attached hydrogen (secondary N) is 1. The number of methoxy groups -OCH3 is 2. The number of hydrogen-bond donors (Lipinski definition) is 1. The Hall–Kier alpha value is -2.80. The van der Waals surface area contributed by atoms with Gasteiger partial charge in [-0.05, 0) is 24.1 Å². The second-order valence-electron chi connectivity index (χ2n) is 6.70. The number of ether oxygens (including phenoxy) is 2. The number of nitrogens with zero attached hydrogens (tertiary/aromatic N) is 1. The Morgan fingerprint density at radius 1 is 1.24 bits per heavy atom. The van der Waals surface area contributed by atoms with Crippen LogP contribution in [-0.4, -0.2) is 39.1 Å². The summed E-state index contributed by atoms with van der Waals surface area (Å²) in [7, 11) is 2.97. The van der Waals surface area contributed by atoms with Crippen LogP contribution in [0, 0.1) is 11.7 Å². The number of amides is 2. The number of benzene rings is 2. The molecule has 0 unspecified atom stereocenters. The smallest absolute Gasteiger partial charge is 0.227 e. The van der Waals surface area contributed by atoms with E-state index in [1.54, 1.807) is 30.3 Å². The largest absolute Gasteiger partial charge is 0.495 e. The van der Waals surface area contributed by atoms with Gasteiger partial charge >= 0.3 is 0 Å². The van der Waals surface area contributed by atoms with Crippen molar-refractivity contribution in [3.8, 4) is 11.5 Å². The molecule has 8 heteroatoms. The molecule has 2 aromatic rings. The molecule has 2 amide bonds. The van der Waals surface area contributed by atoms with Crippen LogP contribution in [0.3, 0.4) is 0 Å². The predicted molar refractivity (Wildman–Crippen MR) is 108 cm³/mol. The average molecular weight is 421 g/mol. The minimum absolute atomic E-state index is 0.0817. The van der Waals surface area contributed by atoms with E-state index in [1.165, 1.54) is 25.2 Å². The summed E-state index contributed by atoms with van der Waals surface area (Å²) < 4.78 is 24.2. The molecule has 0 spiro atoms. The van der Waals surface area contributed by atoms with Crippen LogP contribution in [-0.2, 0) is 16.0 Å². The molecule has 3 rings (SSSR count). The lowest BCUT2D eigenvalue weighted by Crippen LogP contribution is -2.34. The Kier molecular flexibility index (Phi) is 6.59. The van der Waals surface area contributed by atoms with Gasteiger partial charge in [0.25, 0.3) is 0 Å². The fourth-order valence-corrected chi connectivity index (χ4v) is 3.57. The first-order valence-electron chi connectivity index (χ1n) is 9.17. The summed E-state index contributed by atoms with van der Waals surface area (Å²) in [5, 5.41) is 3.13. The average Bonchev–Trinajstić information content (AvgIpc) is 3.10. The first-order chi connectivity index (χ1) is 13.9. The molecule has 0 aromatic heterocycles. The lowest BCUT2D eigenvalue weighted by Gasteiger charge is -2.21. The third-order valence-electron chi connectivity index (χ3n) is 4.89. The summed E-state index contributed by atoms with van der Waals surface area (Å²) in [6, 6.07) is 9.64. The summed E-state index contributed by atoms with van der Waals surface area (Å²) in [6.07, 6.45) is 0.461. The van der Waals surface area contributed by atoms with Crippen LogP contribution in [0.2, 0.25) is 5.02 Å². The van der Waals surface area contributed by atoms with E-state index in [0.29, 0.717) is 40.7 Å². The van der Waals surface area contributed by atoms with Crippen molar-refractivity contribution < 1.29 is 23.5 Å². The Balaban J connectivity index is 1.65. The lowest BCUT2D eigenvalue weighted by molar-refractivity contribution is -0.126. The molecule has 2 aromatic carbocycles. The molecular formula is C21H22ClFN2O4. The van der Waals surface area contributed by atoms with E-state index in [-0.39, 0.29) is 30.6 Å². The van der Waals surface area contributed by atoms with Crippen molar-refractivity contribution in [2.75, 3.05) is 32.2 Å². The maximum Gasteiger partial charge on any atom is 0.227 e. The number of halogens is 2. The molecule has 6 nitrogen and oxygen atoms in total. The van der Waals surface area contributed by atoms with Gasteiger partial charge < -0.3 is 19.7 Å². The predicted octanol–water partition coefficient (Wildman–Crippen LogP) is 3.21. The maximum atomic E-state index is 13.7. The molecule has 1 aliphatic heterocycles. The third kappa shape index (κ3) is 4.62. The van der Waals surface area contributed by atoms with Crippen LogP contribution in [0.5, 0.6) is 11.5 Å². The third-order valence-corrected chi connectivity index (χ3v) is 5.19. The van der Waals surface area contributed by atoms with E-state index in [1.807, 2.05) is 0 Å². The van der Waals surface area contributed by atoms with Gasteiger partial charge in [0.2, 0.25) is 11.8 Å². The number of hydrogen-bond acceptors (Lipinski definition) is 4. The summed E-state index contributed by atoms with van der Waals surface area (Å²) in [5.74, 6) is -0.378. The minimum Gasteiger partial charge on any atom is -0.495 e. The topological polar surface area (TPSA) is 67.9 Å². The van der Waals surface area contributed by atoms with Gasteiger partial charge in [0.1, 0.15) is 17.3 Å². The first-order valence-corrected chi connectivity index (χ1v) is 9.55. The highest BCUT2D eigenvalue weighted by atomic mass is 35.5. The summed E-state index contributed by atoms with van der Waals surface area (Å²) >= 11 is 6.19. The van der Waals surface area contributed by atoms with Gasteiger partial charge in [-0.2, -0.15) is 0 Å². The monoisotopic (exact) mass is 420 g/mol. The molecule has 1 saturated heterocycles. The van der Waals surface area contributed by atoms with Crippen molar-refractivity contribution in [3.05, 3.63) is 52.8 Å². The highest BCUT2D eigenvalue weighted by Gasteiger charge is 2.36. The fraction of sp³-hybridized carbons (Fsp3) is 0.333. The number of anilines is 1. The zero-order valence-corrected chi connectivity index (χ0v) is 17.0.